The van der Waals surface area contributed by atoms with Gasteiger partial charge in [-0.1, -0.05) is 12.1 Å². The van der Waals surface area contributed by atoms with E-state index in [0.717, 1.165) is 11.1 Å². The molecule has 0 heterocycles. The fraction of sp³-hybridized carbons (Fsp3) is 0.222. The molecule has 0 spiro atoms. The topological polar surface area (TPSA) is 67.9 Å². The summed E-state index contributed by atoms with van der Waals surface area (Å²) in [7, 11) is 6.62. The second kappa shape index (κ2) is 8.57. The molecule has 0 saturated heterocycles. The summed E-state index contributed by atoms with van der Waals surface area (Å²) in [6.07, 6.45) is 3.40. The van der Waals surface area contributed by atoms with Gasteiger partial charge in [0.05, 0.1) is 36.7 Å². The minimum absolute atomic E-state index is 0.669. The number of azo groups is 1. The Balaban J connectivity index is 2.49. The minimum Gasteiger partial charge on any atom is -0.496 e. The van der Waals surface area contributed by atoms with Gasteiger partial charge in [0.15, 0.2) is 0 Å². The molecular formula is C18H20N4O2. The van der Waals surface area contributed by atoms with Crippen molar-refractivity contribution in [1.29, 1.82) is 0 Å². The summed E-state index contributed by atoms with van der Waals surface area (Å²) in [6.45, 7) is 0. The van der Waals surface area contributed by atoms with Gasteiger partial charge in [0.2, 0.25) is 0 Å². The van der Waals surface area contributed by atoms with Gasteiger partial charge in [-0.25, -0.2) is 0 Å². The molecule has 0 bridgehead atoms. The van der Waals surface area contributed by atoms with Crippen LogP contribution in [-0.2, 0) is 0 Å². The van der Waals surface area contributed by atoms with E-state index in [1.807, 2.05) is 36.4 Å². The molecule has 0 fully saturated rings. The Kier molecular flexibility index (Phi) is 6.19. The molecule has 0 unspecified atom stereocenters. The Morgan fingerprint density at radius 1 is 0.708 bits per heavy atom. The van der Waals surface area contributed by atoms with Crippen molar-refractivity contribution in [3.63, 3.8) is 0 Å². The lowest BCUT2D eigenvalue weighted by Crippen LogP contribution is -1.92. The van der Waals surface area contributed by atoms with E-state index >= 15 is 0 Å². The first-order valence-electron chi connectivity index (χ1n) is 7.35. The molecule has 2 rings (SSSR count). The normalized spacial score (nSPS) is 11.7. The Morgan fingerprint density at radius 2 is 1.12 bits per heavy atom. The molecule has 0 radical (unpaired) electrons. The van der Waals surface area contributed by atoms with Gasteiger partial charge >= 0.3 is 0 Å². The van der Waals surface area contributed by atoms with Crippen LogP contribution in [0.3, 0.4) is 0 Å². The quantitative estimate of drug-likeness (QED) is 0.590. The highest BCUT2D eigenvalue weighted by Crippen LogP contribution is 2.31. The summed E-state index contributed by atoms with van der Waals surface area (Å²) >= 11 is 0. The third kappa shape index (κ3) is 3.84. The van der Waals surface area contributed by atoms with E-state index in [9.17, 15) is 0 Å². The minimum atomic E-state index is 0.669. The summed E-state index contributed by atoms with van der Waals surface area (Å²) in [5, 5.41) is 8.72. The fourth-order valence-electron chi connectivity index (χ4n) is 2.22. The van der Waals surface area contributed by atoms with Gasteiger partial charge in [0.25, 0.3) is 0 Å². The molecule has 2 aromatic carbocycles. The molecule has 0 N–H and O–H groups in total. The zero-order valence-corrected chi connectivity index (χ0v) is 14.2. The largest absolute Gasteiger partial charge is 0.496 e. The molecule has 124 valence electrons. The third-order valence-corrected chi connectivity index (χ3v) is 3.31. The van der Waals surface area contributed by atoms with Crippen molar-refractivity contribution in [2.75, 3.05) is 28.3 Å². The molecule has 0 saturated carbocycles. The molecule has 6 heteroatoms. The van der Waals surface area contributed by atoms with Crippen LogP contribution in [0.5, 0.6) is 11.5 Å². The number of nitrogens with zero attached hydrogens (tertiary/aromatic N) is 4. The standard InChI is InChI=1S/C18H20N4O2/c1-19-11-13-15(7-5-9-17(13)23-3)21-22-16-8-6-10-18(24-4)14(16)12-20-2/h5-12H,1-4H3. The maximum Gasteiger partial charge on any atom is 0.129 e. The van der Waals surface area contributed by atoms with Crippen LogP contribution in [0.2, 0.25) is 0 Å². The maximum atomic E-state index is 5.36. The highest BCUT2D eigenvalue weighted by atomic mass is 16.5. The van der Waals surface area contributed by atoms with Crippen LogP contribution in [0.25, 0.3) is 0 Å². The summed E-state index contributed by atoms with van der Waals surface area (Å²) in [5.41, 5.74) is 2.89. The smallest absolute Gasteiger partial charge is 0.129 e. The van der Waals surface area contributed by atoms with E-state index in [1.165, 1.54) is 0 Å². The first-order chi connectivity index (χ1) is 11.7. The third-order valence-electron chi connectivity index (χ3n) is 3.31. The van der Waals surface area contributed by atoms with Crippen LogP contribution >= 0.6 is 0 Å². The molecule has 0 aliphatic carbocycles. The van der Waals surface area contributed by atoms with Crippen LogP contribution in [0, 0.1) is 0 Å². The van der Waals surface area contributed by atoms with E-state index in [1.54, 1.807) is 40.7 Å². The molecule has 6 nitrogen and oxygen atoms in total. The maximum absolute atomic E-state index is 5.36. The molecule has 0 aromatic heterocycles. The highest BCUT2D eigenvalue weighted by Gasteiger charge is 2.09. The number of hydrogen-bond acceptors (Lipinski definition) is 6. The lowest BCUT2D eigenvalue weighted by Gasteiger charge is -2.08. The van der Waals surface area contributed by atoms with Gasteiger partial charge < -0.3 is 9.47 Å². The molecule has 0 amide bonds. The van der Waals surface area contributed by atoms with Gasteiger partial charge in [-0.3, -0.25) is 9.98 Å². The number of rotatable bonds is 6. The van der Waals surface area contributed by atoms with Crippen molar-refractivity contribution < 1.29 is 9.47 Å². The number of methoxy groups -OCH3 is 2. The van der Waals surface area contributed by atoms with E-state index in [-0.39, 0.29) is 0 Å². The molecule has 0 aliphatic heterocycles. The van der Waals surface area contributed by atoms with E-state index in [0.29, 0.717) is 22.9 Å². The van der Waals surface area contributed by atoms with E-state index < -0.39 is 0 Å². The first-order valence-corrected chi connectivity index (χ1v) is 7.35. The predicted octanol–water partition coefficient (Wildman–Crippen LogP) is 4.22. The highest BCUT2D eigenvalue weighted by molar-refractivity contribution is 5.91. The van der Waals surface area contributed by atoms with Crippen molar-refractivity contribution in [1.82, 2.24) is 0 Å². The zero-order valence-electron chi connectivity index (χ0n) is 14.2. The second-order valence-corrected chi connectivity index (χ2v) is 4.76. The summed E-state index contributed by atoms with van der Waals surface area (Å²) in [4.78, 5) is 8.11. The summed E-state index contributed by atoms with van der Waals surface area (Å²) in [5.74, 6) is 1.39. The second-order valence-electron chi connectivity index (χ2n) is 4.76. The van der Waals surface area contributed by atoms with Crippen LogP contribution in [-0.4, -0.2) is 40.7 Å². The van der Waals surface area contributed by atoms with Crippen LogP contribution in [0.4, 0.5) is 11.4 Å². The van der Waals surface area contributed by atoms with Crippen LogP contribution in [0.1, 0.15) is 11.1 Å². The number of benzene rings is 2. The summed E-state index contributed by atoms with van der Waals surface area (Å²) in [6, 6.07) is 11.2. The predicted molar refractivity (Wildman–Crippen MR) is 97.2 cm³/mol. The monoisotopic (exact) mass is 324 g/mol. The van der Waals surface area contributed by atoms with Crippen LogP contribution < -0.4 is 9.47 Å². The molecular weight excluding hydrogens is 304 g/mol. The van der Waals surface area contributed by atoms with E-state index in [4.69, 9.17) is 9.47 Å². The molecule has 0 atom stereocenters. The lowest BCUT2D eigenvalue weighted by molar-refractivity contribution is 0.414. The summed E-state index contributed by atoms with van der Waals surface area (Å²) < 4.78 is 10.7. The van der Waals surface area contributed by atoms with Gasteiger partial charge in [0, 0.05) is 26.5 Å². The Labute approximate surface area is 141 Å². The molecule has 24 heavy (non-hydrogen) atoms. The average Bonchev–Trinajstić information content (AvgIpc) is 2.62. The van der Waals surface area contributed by atoms with Gasteiger partial charge in [-0.15, -0.1) is 10.2 Å². The number of aliphatic imine (C=N–C) groups is 2. The number of ether oxygens (including phenoxy) is 2. The SMILES string of the molecule is CN=Cc1c(N=Nc2cccc(OC)c2C=NC)cccc1OC. The number of hydrogen-bond donors (Lipinski definition) is 0. The van der Waals surface area contributed by atoms with E-state index in [2.05, 4.69) is 20.2 Å². The van der Waals surface area contributed by atoms with Gasteiger partial charge in [0.1, 0.15) is 11.5 Å². The van der Waals surface area contributed by atoms with Crippen molar-refractivity contribution in [3.8, 4) is 11.5 Å². The average molecular weight is 324 g/mol. The van der Waals surface area contributed by atoms with Crippen molar-refractivity contribution in [2.24, 2.45) is 20.2 Å². The Bertz CT molecular complexity index is 717. The van der Waals surface area contributed by atoms with Crippen LogP contribution in [0.15, 0.2) is 56.6 Å². The Hall–Kier alpha value is -3.02. The van der Waals surface area contributed by atoms with Crippen molar-refractivity contribution in [3.05, 3.63) is 47.5 Å². The van der Waals surface area contributed by atoms with Gasteiger partial charge in [-0.2, -0.15) is 0 Å². The Morgan fingerprint density at radius 3 is 1.46 bits per heavy atom. The zero-order chi connectivity index (χ0) is 17.4. The van der Waals surface area contributed by atoms with Crippen molar-refractivity contribution >= 4 is 23.8 Å². The fourth-order valence-corrected chi connectivity index (χ4v) is 2.22. The first kappa shape index (κ1) is 17.3. The van der Waals surface area contributed by atoms with Crippen molar-refractivity contribution in [2.45, 2.75) is 0 Å². The van der Waals surface area contributed by atoms with Gasteiger partial charge in [-0.05, 0) is 24.3 Å². The molecule has 2 aromatic rings. The molecule has 0 aliphatic rings. The lowest BCUT2D eigenvalue weighted by atomic mass is 10.1.